The Hall–Kier alpha value is -3.22. The van der Waals surface area contributed by atoms with Gasteiger partial charge in [0.1, 0.15) is 11.5 Å². The van der Waals surface area contributed by atoms with Crippen molar-refractivity contribution in [1.82, 2.24) is 0 Å². The van der Waals surface area contributed by atoms with E-state index < -0.39 is 5.66 Å². The molecule has 0 aliphatic carbocycles. The van der Waals surface area contributed by atoms with Gasteiger partial charge in [0.25, 0.3) is 0 Å². The van der Waals surface area contributed by atoms with Crippen molar-refractivity contribution in [3.8, 4) is 11.5 Å². The van der Waals surface area contributed by atoms with Gasteiger partial charge in [-0.1, -0.05) is 13.8 Å². The fraction of sp³-hybridized carbons (Fsp3) is 0.263. The van der Waals surface area contributed by atoms with Crippen LogP contribution in [0.15, 0.2) is 28.2 Å². The minimum absolute atomic E-state index is 0.0943. The molecule has 4 rings (SSSR count). The first-order chi connectivity index (χ1) is 12.3. The molecule has 0 aromatic heterocycles. The van der Waals surface area contributed by atoms with Gasteiger partial charge in [0.05, 0.1) is 32.3 Å². The van der Waals surface area contributed by atoms with Crippen LogP contribution in [0.2, 0.25) is 0 Å². The third-order valence-corrected chi connectivity index (χ3v) is 5.31. The highest BCUT2D eigenvalue weighted by molar-refractivity contribution is 6.20. The van der Waals surface area contributed by atoms with Crippen LogP contribution in [0.4, 0.5) is 17.1 Å². The van der Waals surface area contributed by atoms with Gasteiger partial charge in [0.15, 0.2) is 5.66 Å². The lowest BCUT2D eigenvalue weighted by Gasteiger charge is -2.18. The number of hydrogen-bond donors (Lipinski definition) is 5. The van der Waals surface area contributed by atoms with Crippen molar-refractivity contribution in [2.24, 2.45) is 9.98 Å². The van der Waals surface area contributed by atoms with E-state index in [0.717, 1.165) is 12.8 Å². The number of phenolic OH excluding ortho intramolecular Hbond substituents is 2. The molecule has 26 heavy (non-hydrogen) atoms. The number of nitrogens with zero attached hydrogens (tertiary/aromatic N) is 2. The van der Waals surface area contributed by atoms with Crippen LogP contribution in [0.25, 0.3) is 21.5 Å². The van der Waals surface area contributed by atoms with E-state index in [9.17, 15) is 10.2 Å². The zero-order valence-corrected chi connectivity index (χ0v) is 14.7. The van der Waals surface area contributed by atoms with Crippen LogP contribution in [0.3, 0.4) is 0 Å². The molecule has 1 aliphatic heterocycles. The minimum Gasteiger partial charge on any atom is -0.506 e. The molecule has 3 aromatic rings. The van der Waals surface area contributed by atoms with E-state index in [1.54, 1.807) is 18.2 Å². The molecular formula is C19H21N5O2. The molecule has 3 aromatic carbocycles. The molecule has 0 fully saturated rings. The highest BCUT2D eigenvalue weighted by atomic mass is 16.3. The summed E-state index contributed by atoms with van der Waals surface area (Å²) < 4.78 is 0. The standard InChI is InChI=1S/C19H21N5O2/c1-3-19(4-2)23-11-7-10(22)14-15(16(11)24-19)18(26)13-9(21)6-5-8(20)12(13)17(14)25/h5-7,25-26H,3-4,20-22H2,1-2H3. The van der Waals surface area contributed by atoms with Crippen LogP contribution in [0, 0.1) is 0 Å². The van der Waals surface area contributed by atoms with Crippen LogP contribution in [0.1, 0.15) is 26.7 Å². The van der Waals surface area contributed by atoms with E-state index in [1.165, 1.54) is 0 Å². The first kappa shape index (κ1) is 16.3. The number of aromatic hydroxyl groups is 2. The Labute approximate surface area is 149 Å². The van der Waals surface area contributed by atoms with Gasteiger partial charge in [-0.15, -0.1) is 0 Å². The summed E-state index contributed by atoms with van der Waals surface area (Å²) in [5, 5.41) is 24.3. The molecule has 0 radical (unpaired) electrons. The molecule has 0 saturated carbocycles. The largest absolute Gasteiger partial charge is 0.506 e. The molecule has 0 atom stereocenters. The number of benzene rings is 3. The summed E-state index contributed by atoms with van der Waals surface area (Å²) in [6.07, 6.45) is 1.43. The molecule has 8 N–H and O–H groups in total. The fourth-order valence-corrected chi connectivity index (χ4v) is 3.78. The van der Waals surface area contributed by atoms with Crippen molar-refractivity contribution >= 4 is 38.6 Å². The summed E-state index contributed by atoms with van der Waals surface area (Å²) in [7, 11) is 0. The van der Waals surface area contributed by atoms with E-state index in [-0.39, 0.29) is 16.9 Å². The van der Waals surface area contributed by atoms with Crippen LogP contribution >= 0.6 is 0 Å². The maximum Gasteiger partial charge on any atom is 0.151 e. The second-order valence-electron chi connectivity index (χ2n) is 6.69. The molecule has 0 bridgehead atoms. The van der Waals surface area contributed by atoms with E-state index >= 15 is 0 Å². The quantitative estimate of drug-likeness (QED) is 0.272. The average Bonchev–Trinajstić information content (AvgIpc) is 2.99. The predicted molar refractivity (Wildman–Crippen MR) is 104 cm³/mol. The Balaban J connectivity index is 2.34. The number of phenols is 2. The Bertz CT molecular complexity index is 1210. The molecule has 0 amide bonds. The highest BCUT2D eigenvalue weighted by Gasteiger charge is 2.30. The van der Waals surface area contributed by atoms with Crippen LogP contribution < -0.4 is 27.9 Å². The summed E-state index contributed by atoms with van der Waals surface area (Å²) in [6.45, 7) is 4.03. The van der Waals surface area contributed by atoms with Crippen LogP contribution in [-0.4, -0.2) is 15.9 Å². The van der Waals surface area contributed by atoms with Gasteiger partial charge in [0.2, 0.25) is 0 Å². The zero-order valence-electron chi connectivity index (χ0n) is 14.7. The van der Waals surface area contributed by atoms with Gasteiger partial charge in [0, 0.05) is 17.1 Å². The highest BCUT2D eigenvalue weighted by Crippen LogP contribution is 2.46. The molecule has 1 aliphatic rings. The molecule has 0 saturated heterocycles. The molecule has 1 heterocycles. The van der Waals surface area contributed by atoms with Crippen molar-refractivity contribution in [2.45, 2.75) is 32.4 Å². The van der Waals surface area contributed by atoms with Crippen molar-refractivity contribution in [3.05, 3.63) is 28.9 Å². The molecular weight excluding hydrogens is 330 g/mol. The van der Waals surface area contributed by atoms with E-state index in [0.29, 0.717) is 43.9 Å². The lowest BCUT2D eigenvalue weighted by molar-refractivity contribution is 0.416. The van der Waals surface area contributed by atoms with Crippen molar-refractivity contribution in [3.63, 3.8) is 0 Å². The monoisotopic (exact) mass is 351 g/mol. The zero-order chi connectivity index (χ0) is 18.8. The summed E-state index contributed by atoms with van der Waals surface area (Å²) >= 11 is 0. The third kappa shape index (κ3) is 1.88. The van der Waals surface area contributed by atoms with Crippen LogP contribution in [-0.2, 0) is 0 Å². The van der Waals surface area contributed by atoms with Crippen molar-refractivity contribution in [2.75, 3.05) is 17.2 Å². The average molecular weight is 351 g/mol. The lowest BCUT2D eigenvalue weighted by Crippen LogP contribution is -2.23. The van der Waals surface area contributed by atoms with Crippen LogP contribution in [0.5, 0.6) is 11.5 Å². The summed E-state index contributed by atoms with van der Waals surface area (Å²) in [5.74, 6) is -0.207. The van der Waals surface area contributed by atoms with Gasteiger partial charge in [-0.3, -0.25) is 9.98 Å². The van der Waals surface area contributed by atoms with Crippen molar-refractivity contribution < 1.29 is 10.2 Å². The first-order valence-electron chi connectivity index (χ1n) is 8.57. The fourth-order valence-electron chi connectivity index (χ4n) is 3.78. The topological polar surface area (TPSA) is 143 Å². The summed E-state index contributed by atoms with van der Waals surface area (Å²) in [6, 6.07) is 4.87. The predicted octanol–water partition coefficient (Wildman–Crippen LogP) is 1.92. The number of nitrogens with two attached hydrogens (primary N) is 3. The molecule has 7 heteroatoms. The molecule has 0 unspecified atom stereocenters. The number of rotatable bonds is 2. The van der Waals surface area contributed by atoms with E-state index in [2.05, 4.69) is 0 Å². The van der Waals surface area contributed by atoms with Crippen molar-refractivity contribution in [1.29, 1.82) is 0 Å². The Morgan fingerprint density at radius 1 is 0.808 bits per heavy atom. The van der Waals surface area contributed by atoms with Gasteiger partial charge in [-0.25, -0.2) is 0 Å². The number of nitrogen functional groups attached to an aromatic ring is 3. The normalized spacial score (nSPS) is 15.0. The first-order valence-corrected chi connectivity index (χ1v) is 8.57. The number of anilines is 3. The Morgan fingerprint density at radius 3 is 1.85 bits per heavy atom. The van der Waals surface area contributed by atoms with Gasteiger partial charge < -0.3 is 27.4 Å². The second-order valence-corrected chi connectivity index (χ2v) is 6.69. The van der Waals surface area contributed by atoms with E-state index in [4.69, 9.17) is 27.2 Å². The SMILES string of the molecule is CCC1(CC)N=c2cc(N)c3c(O)c4c(N)ccc(N)c4c(O)c3c2=N1. The number of hydrogen-bond acceptors (Lipinski definition) is 7. The molecule has 0 spiro atoms. The summed E-state index contributed by atoms with van der Waals surface area (Å²) in [5.41, 5.74) is 18.6. The smallest absolute Gasteiger partial charge is 0.151 e. The van der Waals surface area contributed by atoms with E-state index in [1.807, 2.05) is 13.8 Å². The van der Waals surface area contributed by atoms with Gasteiger partial charge in [-0.2, -0.15) is 0 Å². The Kier molecular flexibility index (Phi) is 3.21. The molecule has 7 nitrogen and oxygen atoms in total. The maximum atomic E-state index is 11.0. The third-order valence-electron chi connectivity index (χ3n) is 5.31. The summed E-state index contributed by atoms with van der Waals surface area (Å²) in [4.78, 5) is 9.51. The van der Waals surface area contributed by atoms with Gasteiger partial charge in [-0.05, 0) is 31.0 Å². The van der Waals surface area contributed by atoms with Gasteiger partial charge >= 0.3 is 0 Å². The minimum atomic E-state index is -0.582. The Morgan fingerprint density at radius 2 is 1.31 bits per heavy atom. The molecule has 134 valence electrons. The number of fused-ring (bicyclic) bond motifs is 4. The lowest BCUT2D eigenvalue weighted by atomic mass is 9.96. The maximum absolute atomic E-state index is 11.0. The second kappa shape index (κ2) is 5.14.